The third-order valence-corrected chi connectivity index (χ3v) is 3.70. The van der Waals surface area contributed by atoms with E-state index in [9.17, 15) is 9.59 Å². The summed E-state index contributed by atoms with van der Waals surface area (Å²) in [5.74, 6) is -0.224. The number of carbonyl (C=O) groups is 2. The molecule has 3 N–H and O–H groups in total. The molecule has 3 aromatic rings. The van der Waals surface area contributed by atoms with E-state index in [0.717, 1.165) is 23.3 Å². The van der Waals surface area contributed by atoms with E-state index < -0.39 is 5.97 Å². The molecule has 0 aliphatic rings. The van der Waals surface area contributed by atoms with Crippen LogP contribution in [0.15, 0.2) is 42.5 Å². The van der Waals surface area contributed by atoms with Crippen molar-refractivity contribution in [3.63, 3.8) is 0 Å². The van der Waals surface area contributed by atoms with Gasteiger partial charge >= 0.3 is 5.97 Å². The number of aromatic amines is 1. The quantitative estimate of drug-likeness (QED) is 0.672. The van der Waals surface area contributed by atoms with Crippen LogP contribution in [-0.4, -0.2) is 27.0 Å². The van der Waals surface area contributed by atoms with E-state index in [1.165, 1.54) is 0 Å². The predicted octanol–water partition coefficient (Wildman–Crippen LogP) is 3.00. The second kappa shape index (κ2) is 6.54. The van der Waals surface area contributed by atoms with Gasteiger partial charge in [0.15, 0.2) is 0 Å². The Kier molecular flexibility index (Phi) is 4.29. The lowest BCUT2D eigenvalue weighted by atomic mass is 10.1. The van der Waals surface area contributed by atoms with Gasteiger partial charge in [0, 0.05) is 17.7 Å². The molecule has 6 nitrogen and oxygen atoms in total. The fourth-order valence-corrected chi connectivity index (χ4v) is 2.45. The van der Waals surface area contributed by atoms with Gasteiger partial charge in [0.25, 0.3) is 5.91 Å². The number of nitrogens with zero attached hydrogens (tertiary/aromatic N) is 1. The molecule has 0 atom stereocenters. The highest BCUT2D eigenvalue weighted by Gasteiger charge is 2.09. The maximum absolute atomic E-state index is 12.4. The highest BCUT2D eigenvalue weighted by molar-refractivity contribution is 6.05. The molecule has 0 bridgehead atoms. The molecule has 24 heavy (non-hydrogen) atoms. The smallest absolute Gasteiger partial charge is 0.307 e. The standard InChI is InChI=1S/C18H17N3O3/c1-2-16-20-14-8-5-12(10-15(14)21-16)18(24)19-13-6-3-11(4-7-13)9-17(22)23/h3-8,10H,2,9H2,1H3,(H,19,24)(H,20,21)(H,22,23). The van der Waals surface area contributed by atoms with Crippen molar-refractivity contribution in [3.8, 4) is 0 Å². The van der Waals surface area contributed by atoms with Crippen molar-refractivity contribution in [2.24, 2.45) is 0 Å². The maximum atomic E-state index is 12.4. The highest BCUT2D eigenvalue weighted by atomic mass is 16.4. The summed E-state index contributed by atoms with van der Waals surface area (Å²) in [5.41, 5.74) is 3.50. The van der Waals surface area contributed by atoms with Crippen LogP contribution in [0.1, 0.15) is 28.7 Å². The summed E-state index contributed by atoms with van der Waals surface area (Å²) in [5, 5.41) is 11.6. The van der Waals surface area contributed by atoms with E-state index >= 15 is 0 Å². The molecule has 6 heteroatoms. The van der Waals surface area contributed by atoms with Crippen molar-refractivity contribution in [3.05, 3.63) is 59.4 Å². The summed E-state index contributed by atoms with van der Waals surface area (Å²) >= 11 is 0. The molecule has 1 amide bonds. The van der Waals surface area contributed by atoms with Gasteiger partial charge in [-0.2, -0.15) is 0 Å². The lowest BCUT2D eigenvalue weighted by Gasteiger charge is -2.06. The topological polar surface area (TPSA) is 95.1 Å². The van der Waals surface area contributed by atoms with Crippen LogP contribution in [0.3, 0.4) is 0 Å². The zero-order valence-electron chi connectivity index (χ0n) is 13.2. The van der Waals surface area contributed by atoms with Gasteiger partial charge in [-0.25, -0.2) is 4.98 Å². The zero-order valence-corrected chi connectivity index (χ0v) is 13.2. The van der Waals surface area contributed by atoms with Crippen LogP contribution in [0.4, 0.5) is 5.69 Å². The first-order valence-electron chi connectivity index (χ1n) is 7.66. The number of H-pyrrole nitrogens is 1. The summed E-state index contributed by atoms with van der Waals surface area (Å²) in [4.78, 5) is 30.6. The molecule has 122 valence electrons. The van der Waals surface area contributed by atoms with E-state index in [0.29, 0.717) is 16.8 Å². The number of aliphatic carboxylic acids is 1. The molecule has 0 aliphatic carbocycles. The predicted molar refractivity (Wildman–Crippen MR) is 91.2 cm³/mol. The van der Waals surface area contributed by atoms with Crippen LogP contribution >= 0.6 is 0 Å². The number of hydrogen-bond donors (Lipinski definition) is 3. The SMILES string of the molecule is CCc1nc2ccc(C(=O)Nc3ccc(CC(=O)O)cc3)cc2[nH]1. The molecule has 0 radical (unpaired) electrons. The fourth-order valence-electron chi connectivity index (χ4n) is 2.45. The number of carbonyl (C=O) groups excluding carboxylic acids is 1. The summed E-state index contributed by atoms with van der Waals surface area (Å²) in [6.45, 7) is 2.01. The van der Waals surface area contributed by atoms with Gasteiger partial charge in [0.05, 0.1) is 17.5 Å². The van der Waals surface area contributed by atoms with E-state index in [1.807, 2.05) is 13.0 Å². The number of amides is 1. The summed E-state index contributed by atoms with van der Waals surface area (Å²) < 4.78 is 0. The number of benzene rings is 2. The van der Waals surface area contributed by atoms with Crippen LogP contribution in [0, 0.1) is 0 Å². The Balaban J connectivity index is 1.75. The van der Waals surface area contributed by atoms with Gasteiger partial charge in [-0.3, -0.25) is 9.59 Å². The Labute approximate surface area is 138 Å². The maximum Gasteiger partial charge on any atom is 0.307 e. The highest BCUT2D eigenvalue weighted by Crippen LogP contribution is 2.16. The largest absolute Gasteiger partial charge is 0.481 e. The van der Waals surface area contributed by atoms with E-state index in [4.69, 9.17) is 5.11 Å². The van der Waals surface area contributed by atoms with Crippen molar-refractivity contribution < 1.29 is 14.7 Å². The lowest BCUT2D eigenvalue weighted by Crippen LogP contribution is -2.11. The number of anilines is 1. The molecule has 0 fully saturated rings. The Hall–Kier alpha value is -3.15. The van der Waals surface area contributed by atoms with Crippen LogP contribution in [0.5, 0.6) is 0 Å². The van der Waals surface area contributed by atoms with Crippen molar-refractivity contribution in [1.82, 2.24) is 9.97 Å². The van der Waals surface area contributed by atoms with Crippen LogP contribution in [-0.2, 0) is 17.6 Å². The average molecular weight is 323 g/mol. The number of nitrogens with one attached hydrogen (secondary N) is 2. The average Bonchev–Trinajstić information content (AvgIpc) is 2.98. The first-order valence-corrected chi connectivity index (χ1v) is 7.66. The van der Waals surface area contributed by atoms with Gasteiger partial charge in [0.1, 0.15) is 5.82 Å². The van der Waals surface area contributed by atoms with Crippen molar-refractivity contribution in [2.75, 3.05) is 5.32 Å². The molecule has 0 aliphatic heterocycles. The summed E-state index contributed by atoms with van der Waals surface area (Å²) in [6, 6.07) is 12.1. The number of hydrogen-bond acceptors (Lipinski definition) is 3. The number of imidazole rings is 1. The van der Waals surface area contributed by atoms with Gasteiger partial charge in [-0.1, -0.05) is 19.1 Å². The summed E-state index contributed by atoms with van der Waals surface area (Å²) in [7, 11) is 0. The first-order chi connectivity index (χ1) is 11.5. The Morgan fingerprint density at radius 3 is 2.58 bits per heavy atom. The third kappa shape index (κ3) is 3.43. The molecule has 0 spiro atoms. The molecule has 1 heterocycles. The van der Waals surface area contributed by atoms with Crippen molar-refractivity contribution in [1.29, 1.82) is 0 Å². The molecule has 0 saturated heterocycles. The number of aryl methyl sites for hydroxylation is 1. The van der Waals surface area contributed by atoms with Crippen LogP contribution in [0.2, 0.25) is 0 Å². The van der Waals surface area contributed by atoms with Gasteiger partial charge < -0.3 is 15.4 Å². The number of fused-ring (bicyclic) bond motifs is 1. The van der Waals surface area contributed by atoms with Gasteiger partial charge in [-0.15, -0.1) is 0 Å². The normalized spacial score (nSPS) is 10.7. The second-order valence-electron chi connectivity index (χ2n) is 5.49. The third-order valence-electron chi connectivity index (χ3n) is 3.70. The van der Waals surface area contributed by atoms with Crippen molar-refractivity contribution in [2.45, 2.75) is 19.8 Å². The van der Waals surface area contributed by atoms with Gasteiger partial charge in [0.2, 0.25) is 0 Å². The molecule has 0 saturated carbocycles. The number of carboxylic acid groups (broad SMARTS) is 1. The molecule has 3 rings (SSSR count). The van der Waals surface area contributed by atoms with E-state index in [1.54, 1.807) is 36.4 Å². The minimum absolute atomic E-state index is 0.0372. The number of aromatic nitrogens is 2. The number of rotatable bonds is 5. The molecule has 2 aromatic carbocycles. The van der Waals surface area contributed by atoms with Gasteiger partial charge in [-0.05, 0) is 35.9 Å². The minimum atomic E-state index is -0.883. The lowest BCUT2D eigenvalue weighted by molar-refractivity contribution is -0.136. The first kappa shape index (κ1) is 15.7. The van der Waals surface area contributed by atoms with E-state index in [-0.39, 0.29) is 12.3 Å². The van der Waals surface area contributed by atoms with Crippen LogP contribution in [0.25, 0.3) is 11.0 Å². The molecular formula is C18H17N3O3. The van der Waals surface area contributed by atoms with Crippen molar-refractivity contribution >= 4 is 28.6 Å². The Morgan fingerprint density at radius 1 is 1.17 bits per heavy atom. The van der Waals surface area contributed by atoms with Crippen LogP contribution < -0.4 is 5.32 Å². The van der Waals surface area contributed by atoms with E-state index in [2.05, 4.69) is 15.3 Å². The zero-order chi connectivity index (χ0) is 17.1. The molecular weight excluding hydrogens is 306 g/mol. The second-order valence-corrected chi connectivity index (χ2v) is 5.49. The molecule has 0 unspecified atom stereocenters. The summed E-state index contributed by atoms with van der Waals surface area (Å²) in [6.07, 6.45) is 0.767. The Morgan fingerprint density at radius 2 is 1.92 bits per heavy atom. The fraction of sp³-hybridized carbons (Fsp3) is 0.167. The Bertz CT molecular complexity index is 898. The monoisotopic (exact) mass is 323 g/mol. The minimum Gasteiger partial charge on any atom is -0.481 e. The molecule has 1 aromatic heterocycles. The number of carboxylic acids is 1.